The van der Waals surface area contributed by atoms with Crippen molar-refractivity contribution in [2.24, 2.45) is 0 Å². The summed E-state index contributed by atoms with van der Waals surface area (Å²) in [6.45, 7) is 2.39. The minimum Gasteiger partial charge on any atom is -0.456 e. The summed E-state index contributed by atoms with van der Waals surface area (Å²) in [6, 6.07) is 89.3. The highest BCUT2D eigenvalue weighted by molar-refractivity contribution is 6.06. The standard InChI is InChI=1S/C63H43NO/c1-62(44-20-5-2-6-21-44)54-30-14-11-27-49(54)53-41-48(36-38-55(53)62)64(47-26-17-19-42(39-47)43-35-37-51-50-28-13-16-34-59(50)65-60(51)40-43)58-33-18-32-57-61(58)52-29-12-15-31-56(52)63(57,45-22-7-3-8-23-45)46-24-9-4-10-25-46/h2-41H,1H3. The highest BCUT2D eigenvalue weighted by Gasteiger charge is 2.47. The molecule has 1 unspecified atom stereocenters. The minimum atomic E-state index is -0.533. The van der Waals surface area contributed by atoms with Gasteiger partial charge in [0.05, 0.1) is 11.1 Å². The highest BCUT2D eigenvalue weighted by atomic mass is 16.3. The number of anilines is 3. The summed E-state index contributed by atoms with van der Waals surface area (Å²) in [5.74, 6) is 0. The first-order valence-corrected chi connectivity index (χ1v) is 22.6. The summed E-state index contributed by atoms with van der Waals surface area (Å²) in [6.07, 6.45) is 0. The maximum absolute atomic E-state index is 6.42. The number of rotatable bonds is 7. The second kappa shape index (κ2) is 14.4. The van der Waals surface area contributed by atoms with Gasteiger partial charge in [-0.1, -0.05) is 194 Å². The van der Waals surface area contributed by atoms with Crippen LogP contribution in [0.1, 0.15) is 45.9 Å². The summed E-state index contributed by atoms with van der Waals surface area (Å²) < 4.78 is 6.42. The van der Waals surface area contributed by atoms with Crippen LogP contribution in [0.2, 0.25) is 0 Å². The zero-order chi connectivity index (χ0) is 43.1. The maximum Gasteiger partial charge on any atom is 0.136 e. The van der Waals surface area contributed by atoms with Gasteiger partial charge in [0.1, 0.15) is 11.2 Å². The number of hydrogen-bond donors (Lipinski definition) is 0. The largest absolute Gasteiger partial charge is 0.456 e. The Kier molecular flexibility index (Phi) is 8.29. The molecule has 1 atom stereocenters. The second-order valence-electron chi connectivity index (χ2n) is 17.7. The molecule has 0 N–H and O–H groups in total. The van der Waals surface area contributed by atoms with Crippen molar-refractivity contribution in [3.05, 3.63) is 282 Å². The van der Waals surface area contributed by atoms with Crippen molar-refractivity contribution >= 4 is 39.0 Å². The molecule has 1 aromatic heterocycles. The molecule has 0 saturated heterocycles. The molecule has 306 valence electrons. The Morgan fingerprint density at radius 1 is 0.354 bits per heavy atom. The van der Waals surface area contributed by atoms with Crippen molar-refractivity contribution in [3.8, 4) is 33.4 Å². The van der Waals surface area contributed by atoms with Crippen LogP contribution in [0.4, 0.5) is 17.1 Å². The van der Waals surface area contributed by atoms with Gasteiger partial charge in [0.25, 0.3) is 0 Å². The Morgan fingerprint density at radius 2 is 0.923 bits per heavy atom. The van der Waals surface area contributed by atoms with Gasteiger partial charge in [-0.3, -0.25) is 0 Å². The third kappa shape index (κ3) is 5.41. The molecule has 0 saturated carbocycles. The van der Waals surface area contributed by atoms with Crippen molar-refractivity contribution in [2.75, 3.05) is 4.90 Å². The Labute approximate surface area is 379 Å². The fraction of sp³-hybridized carbons (Fsp3) is 0.0476. The van der Waals surface area contributed by atoms with Crippen LogP contribution >= 0.6 is 0 Å². The summed E-state index contributed by atoms with van der Waals surface area (Å²) in [5, 5.41) is 2.26. The first-order valence-electron chi connectivity index (χ1n) is 22.6. The molecule has 0 spiro atoms. The van der Waals surface area contributed by atoms with Crippen LogP contribution in [0.15, 0.2) is 247 Å². The number of para-hydroxylation sites is 1. The van der Waals surface area contributed by atoms with Crippen LogP contribution in [0, 0.1) is 0 Å². The molecule has 0 fully saturated rings. The predicted octanol–water partition coefficient (Wildman–Crippen LogP) is 16.4. The van der Waals surface area contributed by atoms with Gasteiger partial charge in [-0.15, -0.1) is 0 Å². The zero-order valence-corrected chi connectivity index (χ0v) is 35.9. The molecule has 0 aliphatic heterocycles. The van der Waals surface area contributed by atoms with Crippen molar-refractivity contribution < 1.29 is 4.42 Å². The second-order valence-corrected chi connectivity index (χ2v) is 17.7. The number of fused-ring (bicyclic) bond motifs is 9. The molecule has 11 aromatic rings. The smallest absolute Gasteiger partial charge is 0.136 e. The number of furan rings is 1. The van der Waals surface area contributed by atoms with Crippen LogP contribution in [-0.4, -0.2) is 0 Å². The molecule has 2 heteroatoms. The van der Waals surface area contributed by atoms with E-state index in [4.69, 9.17) is 4.42 Å². The molecule has 13 rings (SSSR count). The third-order valence-corrected chi connectivity index (χ3v) is 14.4. The van der Waals surface area contributed by atoms with Gasteiger partial charge in [0.15, 0.2) is 0 Å². The molecule has 2 aliphatic rings. The van der Waals surface area contributed by atoms with Crippen LogP contribution in [0.3, 0.4) is 0 Å². The molecule has 10 aromatic carbocycles. The molecule has 65 heavy (non-hydrogen) atoms. The van der Waals surface area contributed by atoms with Gasteiger partial charge in [-0.25, -0.2) is 0 Å². The Balaban J connectivity index is 1.07. The number of nitrogens with zero attached hydrogens (tertiary/aromatic N) is 1. The van der Waals surface area contributed by atoms with E-state index in [-0.39, 0.29) is 5.41 Å². The molecule has 0 radical (unpaired) electrons. The van der Waals surface area contributed by atoms with E-state index in [0.717, 1.165) is 50.1 Å². The van der Waals surface area contributed by atoms with E-state index in [9.17, 15) is 0 Å². The molecular weight excluding hydrogens is 787 g/mol. The summed E-state index contributed by atoms with van der Waals surface area (Å²) in [5.41, 5.74) is 20.5. The first-order chi connectivity index (χ1) is 32.1. The summed E-state index contributed by atoms with van der Waals surface area (Å²) >= 11 is 0. The highest BCUT2D eigenvalue weighted by Crippen LogP contribution is 2.60. The molecule has 0 amide bonds. The van der Waals surface area contributed by atoms with Gasteiger partial charge in [0.2, 0.25) is 0 Å². The predicted molar refractivity (Wildman–Crippen MR) is 269 cm³/mol. The quantitative estimate of drug-likeness (QED) is 0.159. The SMILES string of the molecule is CC1(c2ccccc2)c2ccccc2-c2cc(N(c3cccc(-c4ccc5c(c4)oc4ccccc45)c3)c3cccc4c3-c3ccccc3C4(c3ccccc3)c3ccccc3)ccc21. The fourth-order valence-electron chi connectivity index (χ4n) is 11.5. The van der Waals surface area contributed by atoms with E-state index in [1.165, 1.54) is 61.2 Å². The Bertz CT molecular complexity index is 3580. The minimum absolute atomic E-state index is 0.302. The van der Waals surface area contributed by atoms with E-state index in [0.29, 0.717) is 0 Å². The molecule has 0 bridgehead atoms. The maximum atomic E-state index is 6.42. The van der Waals surface area contributed by atoms with Crippen LogP contribution in [-0.2, 0) is 10.8 Å². The van der Waals surface area contributed by atoms with Crippen molar-refractivity contribution in [2.45, 2.75) is 17.8 Å². The summed E-state index contributed by atoms with van der Waals surface area (Å²) in [7, 11) is 0. The molecular formula is C63H43NO. The van der Waals surface area contributed by atoms with Gasteiger partial charge in [-0.05, 0) is 122 Å². The lowest BCUT2D eigenvalue weighted by Crippen LogP contribution is -2.28. The molecule has 1 heterocycles. The Hall–Kier alpha value is -8.20. The zero-order valence-electron chi connectivity index (χ0n) is 35.9. The average Bonchev–Trinajstić information content (AvgIpc) is 3.99. The van der Waals surface area contributed by atoms with Crippen LogP contribution in [0.25, 0.3) is 55.3 Å². The Morgan fingerprint density at radius 3 is 1.69 bits per heavy atom. The monoisotopic (exact) mass is 829 g/mol. The van der Waals surface area contributed by atoms with E-state index in [1.54, 1.807) is 0 Å². The third-order valence-electron chi connectivity index (χ3n) is 14.4. The van der Waals surface area contributed by atoms with E-state index in [2.05, 4.69) is 242 Å². The average molecular weight is 830 g/mol. The molecule has 2 aliphatic carbocycles. The van der Waals surface area contributed by atoms with Crippen molar-refractivity contribution in [3.63, 3.8) is 0 Å². The van der Waals surface area contributed by atoms with Gasteiger partial charge in [-0.2, -0.15) is 0 Å². The lowest BCUT2D eigenvalue weighted by molar-refractivity contribution is 0.669. The normalized spacial score (nSPS) is 15.3. The van der Waals surface area contributed by atoms with Crippen molar-refractivity contribution in [1.82, 2.24) is 0 Å². The summed E-state index contributed by atoms with van der Waals surface area (Å²) in [4.78, 5) is 2.51. The fourth-order valence-corrected chi connectivity index (χ4v) is 11.5. The van der Waals surface area contributed by atoms with E-state index >= 15 is 0 Å². The van der Waals surface area contributed by atoms with Gasteiger partial charge < -0.3 is 9.32 Å². The lowest BCUT2D eigenvalue weighted by Gasteiger charge is -2.34. The van der Waals surface area contributed by atoms with Crippen LogP contribution in [0.5, 0.6) is 0 Å². The number of benzene rings is 10. The topological polar surface area (TPSA) is 16.4 Å². The molecule has 2 nitrogen and oxygen atoms in total. The van der Waals surface area contributed by atoms with E-state index in [1.807, 2.05) is 12.1 Å². The first kappa shape index (κ1) is 37.4. The van der Waals surface area contributed by atoms with Gasteiger partial charge >= 0.3 is 0 Å². The lowest BCUT2D eigenvalue weighted by atomic mass is 9.68. The van der Waals surface area contributed by atoms with Gasteiger partial charge in [0, 0.05) is 33.1 Å². The van der Waals surface area contributed by atoms with E-state index < -0.39 is 5.41 Å². The van der Waals surface area contributed by atoms with Crippen molar-refractivity contribution in [1.29, 1.82) is 0 Å². The number of hydrogen-bond acceptors (Lipinski definition) is 2. The van der Waals surface area contributed by atoms with Crippen LogP contribution < -0.4 is 4.90 Å².